The summed E-state index contributed by atoms with van der Waals surface area (Å²) in [6, 6.07) is 5.80. The number of benzene rings is 1. The van der Waals surface area contributed by atoms with E-state index in [9.17, 15) is 0 Å². The zero-order valence-corrected chi connectivity index (χ0v) is 8.73. The Morgan fingerprint density at radius 3 is 2.69 bits per heavy atom. The van der Waals surface area contributed by atoms with E-state index in [4.69, 9.17) is 16.7 Å². The molecule has 0 aliphatic carbocycles. The van der Waals surface area contributed by atoms with Gasteiger partial charge in [-0.15, -0.1) is 0 Å². The first-order valence-electron chi connectivity index (χ1n) is 4.41. The van der Waals surface area contributed by atoms with Crippen LogP contribution in [-0.4, -0.2) is 11.7 Å². The Morgan fingerprint density at radius 2 is 2.15 bits per heavy atom. The van der Waals surface area contributed by atoms with Crippen molar-refractivity contribution in [2.45, 2.75) is 20.3 Å². The van der Waals surface area contributed by atoms with Crippen LogP contribution in [0.15, 0.2) is 18.2 Å². The van der Waals surface area contributed by atoms with Crippen LogP contribution in [0.4, 0.5) is 0 Å². The number of hydrogen-bond acceptors (Lipinski definition) is 1. The molecule has 0 unspecified atom stereocenters. The molecule has 0 atom stereocenters. The molecule has 0 heterocycles. The third-order valence-electron chi connectivity index (χ3n) is 2.15. The first-order chi connectivity index (χ1) is 6.19. The van der Waals surface area contributed by atoms with Gasteiger partial charge in [-0.1, -0.05) is 31.5 Å². The van der Waals surface area contributed by atoms with Crippen LogP contribution in [0.2, 0.25) is 5.02 Å². The second-order valence-electron chi connectivity index (χ2n) is 3.09. The predicted molar refractivity (Wildman–Crippen MR) is 55.9 cm³/mol. The van der Waals surface area contributed by atoms with Crippen molar-refractivity contribution < 1.29 is 5.11 Å². The van der Waals surface area contributed by atoms with Crippen LogP contribution in [0.5, 0.6) is 0 Å². The fourth-order valence-corrected chi connectivity index (χ4v) is 1.51. The Morgan fingerprint density at radius 1 is 1.46 bits per heavy atom. The van der Waals surface area contributed by atoms with Crippen molar-refractivity contribution >= 4 is 11.6 Å². The third kappa shape index (κ3) is 2.45. The van der Waals surface area contributed by atoms with Gasteiger partial charge in [0.15, 0.2) is 0 Å². The van der Waals surface area contributed by atoms with Crippen molar-refractivity contribution in [3.63, 3.8) is 0 Å². The average Bonchev–Trinajstić information content (AvgIpc) is 2.16. The Hall–Kier alpha value is -0.530. The monoisotopic (exact) mass is 197 g/mol. The van der Waals surface area contributed by atoms with Gasteiger partial charge in [-0.2, -0.15) is 0 Å². The first kappa shape index (κ1) is 10.6. The van der Waals surface area contributed by atoms with Gasteiger partial charge in [-0.05, 0) is 29.7 Å². The Balaban J connectivity index is 3.07. The zero-order valence-electron chi connectivity index (χ0n) is 7.97. The molecule has 0 aromatic heterocycles. The summed E-state index contributed by atoms with van der Waals surface area (Å²) in [6.07, 6.45) is 0.962. The van der Waals surface area contributed by atoms with Gasteiger partial charge in [0.1, 0.15) is 0 Å². The van der Waals surface area contributed by atoms with E-state index in [0.29, 0.717) is 0 Å². The first-order valence-corrected chi connectivity index (χ1v) is 4.79. The van der Waals surface area contributed by atoms with Crippen LogP contribution >= 0.6 is 11.6 Å². The van der Waals surface area contributed by atoms with E-state index < -0.39 is 0 Å². The topological polar surface area (TPSA) is 20.2 Å². The summed E-state index contributed by atoms with van der Waals surface area (Å²) in [5.74, 6) is 0.972. The van der Waals surface area contributed by atoms with Crippen LogP contribution in [0.25, 0.3) is 0 Å². The van der Waals surface area contributed by atoms with E-state index in [2.05, 4.69) is 6.92 Å². The summed E-state index contributed by atoms with van der Waals surface area (Å²) in [5, 5.41) is 9.74. The molecule has 0 saturated carbocycles. The molecule has 0 fully saturated rings. The second kappa shape index (κ2) is 4.64. The lowest BCUT2D eigenvalue weighted by Crippen LogP contribution is -2.03. The molecular formula is C11H14ClO. The highest BCUT2D eigenvalue weighted by molar-refractivity contribution is 6.30. The van der Waals surface area contributed by atoms with E-state index in [-0.39, 0.29) is 6.61 Å². The minimum atomic E-state index is 0.0906. The Labute approximate surface area is 84.4 Å². The van der Waals surface area contributed by atoms with Crippen molar-refractivity contribution in [3.05, 3.63) is 40.3 Å². The minimum Gasteiger partial charge on any atom is -0.395 e. The summed E-state index contributed by atoms with van der Waals surface area (Å²) in [7, 11) is 0. The highest BCUT2D eigenvalue weighted by Crippen LogP contribution is 2.23. The predicted octanol–water partition coefficient (Wildman–Crippen LogP) is 2.84. The van der Waals surface area contributed by atoms with Gasteiger partial charge in [0.25, 0.3) is 0 Å². The molecule has 0 amide bonds. The molecule has 0 bridgehead atoms. The van der Waals surface area contributed by atoms with E-state index in [1.54, 1.807) is 0 Å². The molecule has 1 aromatic carbocycles. The number of hydrogen-bond donors (Lipinski definition) is 1. The van der Waals surface area contributed by atoms with Gasteiger partial charge in [-0.25, -0.2) is 0 Å². The van der Waals surface area contributed by atoms with Crippen molar-refractivity contribution in [2.24, 2.45) is 0 Å². The van der Waals surface area contributed by atoms with Crippen molar-refractivity contribution in [1.29, 1.82) is 0 Å². The fraction of sp³-hybridized carbons (Fsp3) is 0.364. The van der Waals surface area contributed by atoms with E-state index in [1.165, 1.54) is 5.56 Å². The maximum atomic E-state index is 9.02. The van der Waals surface area contributed by atoms with Crippen LogP contribution in [0, 0.1) is 5.92 Å². The minimum absolute atomic E-state index is 0.0906. The number of aryl methyl sites for hydroxylation is 1. The van der Waals surface area contributed by atoms with Gasteiger partial charge >= 0.3 is 0 Å². The lowest BCUT2D eigenvalue weighted by molar-refractivity contribution is 0.314. The van der Waals surface area contributed by atoms with Crippen LogP contribution < -0.4 is 0 Å². The standard InChI is InChI=1S/C11H14ClO/c1-3-9-4-5-10(12)6-11(9)8(2)7-13/h4-6,13H,3,7H2,1-2H3. The fourth-order valence-electron chi connectivity index (χ4n) is 1.34. The van der Waals surface area contributed by atoms with E-state index >= 15 is 0 Å². The lowest BCUT2D eigenvalue weighted by Gasteiger charge is -2.12. The van der Waals surface area contributed by atoms with Crippen molar-refractivity contribution in [1.82, 2.24) is 0 Å². The van der Waals surface area contributed by atoms with Gasteiger partial charge in [-0.3, -0.25) is 0 Å². The molecule has 2 heteroatoms. The summed E-state index contributed by atoms with van der Waals surface area (Å²) < 4.78 is 0. The largest absolute Gasteiger partial charge is 0.395 e. The SMILES string of the molecule is CCc1ccc(Cl)cc1[C](C)CO. The molecule has 13 heavy (non-hydrogen) atoms. The van der Waals surface area contributed by atoms with Crippen molar-refractivity contribution in [3.8, 4) is 0 Å². The molecule has 1 rings (SSSR count). The second-order valence-corrected chi connectivity index (χ2v) is 3.53. The molecular weight excluding hydrogens is 184 g/mol. The highest BCUT2D eigenvalue weighted by atomic mass is 35.5. The molecule has 0 aliphatic heterocycles. The number of halogens is 1. The van der Waals surface area contributed by atoms with Crippen LogP contribution in [-0.2, 0) is 6.42 Å². The van der Waals surface area contributed by atoms with Gasteiger partial charge in [0.2, 0.25) is 0 Å². The molecule has 0 aliphatic rings. The molecule has 0 saturated heterocycles. The summed E-state index contributed by atoms with van der Waals surface area (Å²) >= 11 is 5.88. The Bertz CT molecular complexity index is 283. The molecule has 1 N–H and O–H groups in total. The molecule has 0 spiro atoms. The maximum Gasteiger partial charge on any atom is 0.0534 e. The maximum absolute atomic E-state index is 9.02. The molecule has 1 aromatic rings. The average molecular weight is 198 g/mol. The normalized spacial score (nSPS) is 10.8. The van der Waals surface area contributed by atoms with Gasteiger partial charge in [0, 0.05) is 10.9 Å². The molecule has 71 valence electrons. The smallest absolute Gasteiger partial charge is 0.0534 e. The van der Waals surface area contributed by atoms with Crippen LogP contribution in [0.3, 0.4) is 0 Å². The van der Waals surface area contributed by atoms with E-state index in [0.717, 1.165) is 22.9 Å². The van der Waals surface area contributed by atoms with Crippen LogP contribution in [0.1, 0.15) is 25.0 Å². The molecule has 1 radical (unpaired) electrons. The number of aliphatic hydroxyl groups excluding tert-OH is 1. The quantitative estimate of drug-likeness (QED) is 0.790. The Kier molecular flexibility index (Phi) is 3.76. The summed E-state index contributed by atoms with van der Waals surface area (Å²) in [4.78, 5) is 0. The van der Waals surface area contributed by atoms with Crippen molar-refractivity contribution in [2.75, 3.05) is 6.61 Å². The highest BCUT2D eigenvalue weighted by Gasteiger charge is 2.09. The van der Waals surface area contributed by atoms with E-state index in [1.807, 2.05) is 25.1 Å². The summed E-state index contributed by atoms with van der Waals surface area (Å²) in [5.41, 5.74) is 2.31. The summed E-state index contributed by atoms with van der Waals surface area (Å²) in [6.45, 7) is 4.11. The molecule has 1 nitrogen and oxygen atoms in total. The van der Waals surface area contributed by atoms with Gasteiger partial charge < -0.3 is 5.11 Å². The number of aliphatic hydroxyl groups is 1. The number of rotatable bonds is 3. The zero-order chi connectivity index (χ0) is 9.84. The van der Waals surface area contributed by atoms with Gasteiger partial charge in [0.05, 0.1) is 6.61 Å². The lowest BCUT2D eigenvalue weighted by atomic mass is 9.95. The third-order valence-corrected chi connectivity index (χ3v) is 2.38.